The third kappa shape index (κ3) is 5.74. The SMILES string of the molecule is COC(=O)[C@H](Cc1cc([N+](=O)[O-])ccc1OC)NC(=O)C(c1ccccc1)c1ccccc1. The highest BCUT2D eigenvalue weighted by Crippen LogP contribution is 2.27. The number of carbonyl (C=O) groups excluding carboxylic acids is 2. The molecule has 0 heterocycles. The minimum absolute atomic E-state index is 0.0421. The Morgan fingerprint density at radius 1 is 0.939 bits per heavy atom. The third-order valence-corrected chi connectivity index (χ3v) is 5.23. The Bertz CT molecular complexity index is 1080. The van der Waals surface area contributed by atoms with Gasteiger partial charge in [0, 0.05) is 24.1 Å². The molecule has 1 N–H and O–H groups in total. The third-order valence-electron chi connectivity index (χ3n) is 5.23. The van der Waals surface area contributed by atoms with Crippen molar-refractivity contribution in [2.75, 3.05) is 14.2 Å². The van der Waals surface area contributed by atoms with Crippen molar-refractivity contribution in [3.8, 4) is 5.75 Å². The number of amides is 1. The van der Waals surface area contributed by atoms with Crippen LogP contribution in [0, 0.1) is 10.1 Å². The van der Waals surface area contributed by atoms with E-state index in [1.165, 1.54) is 32.4 Å². The summed E-state index contributed by atoms with van der Waals surface area (Å²) >= 11 is 0. The molecule has 8 nitrogen and oxygen atoms in total. The van der Waals surface area contributed by atoms with Gasteiger partial charge >= 0.3 is 5.97 Å². The fourth-order valence-electron chi connectivity index (χ4n) is 3.63. The first-order valence-electron chi connectivity index (χ1n) is 10.2. The molecular weight excluding hydrogens is 424 g/mol. The summed E-state index contributed by atoms with van der Waals surface area (Å²) in [7, 11) is 2.65. The molecule has 0 radical (unpaired) electrons. The second-order valence-electron chi connectivity index (χ2n) is 7.30. The summed E-state index contributed by atoms with van der Waals surface area (Å²) in [5.41, 5.74) is 1.78. The summed E-state index contributed by atoms with van der Waals surface area (Å²) < 4.78 is 10.2. The van der Waals surface area contributed by atoms with E-state index in [2.05, 4.69) is 5.32 Å². The molecule has 1 atom stereocenters. The highest BCUT2D eigenvalue weighted by Gasteiger charge is 2.29. The molecule has 0 saturated carbocycles. The minimum atomic E-state index is -1.08. The van der Waals surface area contributed by atoms with Crippen molar-refractivity contribution < 1.29 is 24.0 Å². The molecule has 3 aromatic carbocycles. The first kappa shape index (κ1) is 23.5. The van der Waals surface area contributed by atoms with Crippen LogP contribution in [0.25, 0.3) is 0 Å². The molecule has 33 heavy (non-hydrogen) atoms. The Morgan fingerprint density at radius 3 is 2.00 bits per heavy atom. The lowest BCUT2D eigenvalue weighted by Gasteiger charge is -2.22. The molecule has 0 aliphatic heterocycles. The Labute approximate surface area is 191 Å². The van der Waals surface area contributed by atoms with Gasteiger partial charge in [-0.2, -0.15) is 0 Å². The number of ether oxygens (including phenoxy) is 2. The van der Waals surface area contributed by atoms with E-state index in [1.54, 1.807) is 0 Å². The summed E-state index contributed by atoms with van der Waals surface area (Å²) in [6.45, 7) is 0. The molecule has 8 heteroatoms. The quantitative estimate of drug-likeness (QED) is 0.304. The van der Waals surface area contributed by atoms with Crippen LogP contribution in [0.2, 0.25) is 0 Å². The van der Waals surface area contributed by atoms with E-state index in [0.717, 1.165) is 11.1 Å². The molecule has 0 aliphatic carbocycles. The van der Waals surface area contributed by atoms with E-state index in [-0.39, 0.29) is 12.1 Å². The van der Waals surface area contributed by atoms with E-state index in [1.807, 2.05) is 60.7 Å². The topological polar surface area (TPSA) is 108 Å². The van der Waals surface area contributed by atoms with E-state index in [4.69, 9.17) is 9.47 Å². The molecule has 3 rings (SSSR count). The molecule has 1 amide bonds. The fraction of sp³-hybridized carbons (Fsp3) is 0.200. The van der Waals surface area contributed by atoms with Crippen molar-refractivity contribution in [3.63, 3.8) is 0 Å². The number of nitrogens with zero attached hydrogens (tertiary/aromatic N) is 1. The molecule has 0 bridgehead atoms. The van der Waals surface area contributed by atoms with Crippen molar-refractivity contribution in [1.82, 2.24) is 5.32 Å². The monoisotopic (exact) mass is 448 g/mol. The van der Waals surface area contributed by atoms with Crippen LogP contribution < -0.4 is 10.1 Å². The first-order valence-corrected chi connectivity index (χ1v) is 10.2. The molecule has 0 aliphatic rings. The molecule has 170 valence electrons. The number of nitro groups is 1. The normalized spacial score (nSPS) is 11.5. The maximum atomic E-state index is 13.4. The smallest absolute Gasteiger partial charge is 0.328 e. The number of hydrogen-bond donors (Lipinski definition) is 1. The predicted octanol–water partition coefficient (Wildman–Crippen LogP) is 3.64. The Morgan fingerprint density at radius 2 is 1.52 bits per heavy atom. The molecule has 0 spiro atoms. The summed E-state index contributed by atoms with van der Waals surface area (Å²) in [6.07, 6.45) is -0.0421. The Kier molecular flexibility index (Phi) is 7.75. The van der Waals surface area contributed by atoms with Gasteiger partial charge in [0.25, 0.3) is 5.69 Å². The van der Waals surface area contributed by atoms with Gasteiger partial charge in [-0.3, -0.25) is 14.9 Å². The Balaban J connectivity index is 1.94. The van der Waals surface area contributed by atoms with Gasteiger partial charge in [0.2, 0.25) is 5.91 Å². The maximum Gasteiger partial charge on any atom is 0.328 e. The molecule has 0 unspecified atom stereocenters. The molecule has 0 saturated heterocycles. The number of nitrogens with one attached hydrogen (secondary N) is 1. The molecule has 0 aromatic heterocycles. The van der Waals surface area contributed by atoms with Gasteiger partial charge in [0.15, 0.2) is 0 Å². The number of esters is 1. The van der Waals surface area contributed by atoms with Crippen molar-refractivity contribution >= 4 is 17.6 Å². The van der Waals surface area contributed by atoms with Crippen LogP contribution in [0.15, 0.2) is 78.9 Å². The van der Waals surface area contributed by atoms with Gasteiger partial charge in [-0.05, 0) is 17.2 Å². The van der Waals surface area contributed by atoms with Crippen molar-refractivity contribution in [3.05, 3.63) is 106 Å². The number of rotatable bonds is 9. The summed E-state index contributed by atoms with van der Waals surface area (Å²) in [5, 5.41) is 14.0. The average Bonchev–Trinajstić information content (AvgIpc) is 2.84. The van der Waals surface area contributed by atoms with Crippen molar-refractivity contribution in [1.29, 1.82) is 0 Å². The lowest BCUT2D eigenvalue weighted by molar-refractivity contribution is -0.384. The van der Waals surface area contributed by atoms with Crippen LogP contribution in [0.3, 0.4) is 0 Å². The summed E-state index contributed by atoms with van der Waals surface area (Å²) in [6, 6.07) is 21.5. The van der Waals surface area contributed by atoms with Crippen LogP contribution in [-0.4, -0.2) is 37.1 Å². The summed E-state index contributed by atoms with van der Waals surface area (Å²) in [4.78, 5) is 36.7. The highest BCUT2D eigenvalue weighted by molar-refractivity contribution is 5.91. The fourth-order valence-corrected chi connectivity index (χ4v) is 3.63. The molecular formula is C25H24N2O6. The second-order valence-corrected chi connectivity index (χ2v) is 7.30. The first-order chi connectivity index (χ1) is 15.9. The second kappa shape index (κ2) is 10.9. The number of benzene rings is 3. The van der Waals surface area contributed by atoms with Crippen LogP contribution in [0.5, 0.6) is 5.75 Å². The standard InChI is InChI=1S/C25H24N2O6/c1-32-22-14-13-20(27(30)31)15-19(22)16-21(25(29)33-2)26-24(28)23(17-9-5-3-6-10-17)18-11-7-4-8-12-18/h3-15,21,23H,16H2,1-2H3,(H,26,28)/t21-/m0/s1. The van der Waals surface area contributed by atoms with Crippen molar-refractivity contribution in [2.45, 2.75) is 18.4 Å². The maximum absolute atomic E-state index is 13.4. The number of carbonyl (C=O) groups is 2. The van der Waals surface area contributed by atoms with Gasteiger partial charge in [-0.25, -0.2) is 4.79 Å². The van der Waals surface area contributed by atoms with Gasteiger partial charge < -0.3 is 14.8 Å². The van der Waals surface area contributed by atoms with Crippen LogP contribution in [-0.2, 0) is 20.7 Å². The lowest BCUT2D eigenvalue weighted by Crippen LogP contribution is -2.45. The number of methoxy groups -OCH3 is 2. The summed E-state index contributed by atoms with van der Waals surface area (Å²) in [5.74, 6) is -1.36. The molecule has 0 fully saturated rings. The van der Waals surface area contributed by atoms with Gasteiger partial charge in [-0.1, -0.05) is 60.7 Å². The van der Waals surface area contributed by atoms with Crippen LogP contribution >= 0.6 is 0 Å². The minimum Gasteiger partial charge on any atom is -0.496 e. The lowest BCUT2D eigenvalue weighted by atomic mass is 9.90. The van der Waals surface area contributed by atoms with Crippen LogP contribution in [0.4, 0.5) is 5.69 Å². The zero-order valence-corrected chi connectivity index (χ0v) is 18.3. The highest BCUT2D eigenvalue weighted by atomic mass is 16.6. The largest absolute Gasteiger partial charge is 0.496 e. The zero-order valence-electron chi connectivity index (χ0n) is 18.3. The number of non-ortho nitro benzene ring substituents is 1. The number of nitro benzene ring substituents is 1. The van der Waals surface area contributed by atoms with E-state index >= 15 is 0 Å². The van der Waals surface area contributed by atoms with Gasteiger partial charge in [0.1, 0.15) is 11.8 Å². The Hall–Kier alpha value is -4.20. The van der Waals surface area contributed by atoms with E-state index in [0.29, 0.717) is 11.3 Å². The zero-order chi connectivity index (χ0) is 23.8. The average molecular weight is 448 g/mol. The molecule has 3 aromatic rings. The number of hydrogen-bond acceptors (Lipinski definition) is 6. The predicted molar refractivity (Wildman–Crippen MR) is 122 cm³/mol. The van der Waals surface area contributed by atoms with Crippen molar-refractivity contribution in [2.24, 2.45) is 0 Å². The van der Waals surface area contributed by atoms with Gasteiger partial charge in [0.05, 0.1) is 25.1 Å². The van der Waals surface area contributed by atoms with Gasteiger partial charge in [-0.15, -0.1) is 0 Å². The van der Waals surface area contributed by atoms with E-state index in [9.17, 15) is 19.7 Å². The van der Waals surface area contributed by atoms with E-state index < -0.39 is 28.8 Å². The van der Waals surface area contributed by atoms with Crippen LogP contribution in [0.1, 0.15) is 22.6 Å².